The van der Waals surface area contributed by atoms with Gasteiger partial charge in [0, 0.05) is 11.6 Å². The van der Waals surface area contributed by atoms with E-state index in [1.807, 2.05) is 13.8 Å². The molecule has 5 heteroatoms. The lowest BCUT2D eigenvalue weighted by Gasteiger charge is -2.26. The van der Waals surface area contributed by atoms with Crippen LogP contribution in [0.1, 0.15) is 32.8 Å². The van der Waals surface area contributed by atoms with Crippen LogP contribution in [0.2, 0.25) is 0 Å². The van der Waals surface area contributed by atoms with Gasteiger partial charge in [0.25, 0.3) is 0 Å². The molecule has 0 aliphatic carbocycles. The van der Waals surface area contributed by atoms with Crippen molar-refractivity contribution in [3.63, 3.8) is 0 Å². The summed E-state index contributed by atoms with van der Waals surface area (Å²) in [5, 5.41) is 9.34. The highest BCUT2D eigenvalue weighted by Crippen LogP contribution is 2.34. The molecule has 0 amide bonds. The van der Waals surface area contributed by atoms with Crippen LogP contribution in [-0.2, 0) is 10.3 Å². The van der Waals surface area contributed by atoms with E-state index in [1.165, 1.54) is 0 Å². The summed E-state index contributed by atoms with van der Waals surface area (Å²) in [5.74, 6) is 0.0267. The van der Waals surface area contributed by atoms with Crippen LogP contribution in [0.25, 0.3) is 0 Å². The summed E-state index contributed by atoms with van der Waals surface area (Å²) in [6.45, 7) is 6.42. The Balaban J connectivity index is 3.29. The Morgan fingerprint density at radius 3 is 2.37 bits per heavy atom. The minimum absolute atomic E-state index is 0.274. The number of carbonyl (C=O) groups is 1. The molecule has 0 aromatic heterocycles. The Bertz CT molecular complexity index is 447. The minimum atomic E-state index is -1.45. The number of nitrogens with two attached hydrogens (primary N) is 1. The maximum Gasteiger partial charge on any atom is 0.328 e. The van der Waals surface area contributed by atoms with Crippen molar-refractivity contribution < 1.29 is 19.4 Å². The van der Waals surface area contributed by atoms with Crippen LogP contribution in [0.15, 0.2) is 18.2 Å². The maximum absolute atomic E-state index is 11.4. The number of carboxylic acids is 1. The lowest BCUT2D eigenvalue weighted by atomic mass is 9.87. The van der Waals surface area contributed by atoms with Gasteiger partial charge in [0.15, 0.2) is 0 Å². The van der Waals surface area contributed by atoms with Gasteiger partial charge in [0.05, 0.1) is 13.2 Å². The van der Waals surface area contributed by atoms with Crippen LogP contribution in [0.3, 0.4) is 0 Å². The van der Waals surface area contributed by atoms with Crippen molar-refractivity contribution in [2.45, 2.75) is 32.7 Å². The summed E-state index contributed by atoms with van der Waals surface area (Å²) in [6, 6.07) is 5.05. The van der Waals surface area contributed by atoms with Gasteiger partial charge in [-0.3, -0.25) is 0 Å². The highest BCUT2D eigenvalue weighted by atomic mass is 16.5. The first-order valence-electron chi connectivity index (χ1n) is 6.41. The van der Waals surface area contributed by atoms with E-state index in [1.54, 1.807) is 25.1 Å². The molecule has 5 nitrogen and oxygen atoms in total. The van der Waals surface area contributed by atoms with Crippen LogP contribution in [0.4, 0.5) is 0 Å². The fourth-order valence-electron chi connectivity index (χ4n) is 1.86. The van der Waals surface area contributed by atoms with Crippen LogP contribution >= 0.6 is 0 Å². The van der Waals surface area contributed by atoms with E-state index in [0.717, 1.165) is 0 Å². The third-order valence-corrected chi connectivity index (χ3v) is 2.98. The number of hydrogen-bond donors (Lipinski definition) is 2. The number of aliphatic carboxylic acids is 1. The van der Waals surface area contributed by atoms with Gasteiger partial charge in [0.2, 0.25) is 0 Å². The highest BCUT2D eigenvalue weighted by molar-refractivity contribution is 5.81. The fraction of sp³-hybridized carbons (Fsp3) is 0.500. The molecule has 1 aromatic rings. The molecule has 1 rings (SSSR count). The predicted molar refractivity (Wildman–Crippen MR) is 72.6 cm³/mol. The molecule has 0 spiro atoms. The SMILES string of the molecule is CCOc1ccc(C(N)(CC)C(=O)O)c(OCC)c1. The summed E-state index contributed by atoms with van der Waals surface area (Å²) in [4.78, 5) is 11.4. The first-order chi connectivity index (χ1) is 8.99. The monoisotopic (exact) mass is 267 g/mol. The zero-order valence-electron chi connectivity index (χ0n) is 11.6. The molecule has 19 heavy (non-hydrogen) atoms. The second kappa shape index (κ2) is 6.43. The van der Waals surface area contributed by atoms with E-state index in [9.17, 15) is 9.90 Å². The molecule has 106 valence electrons. The molecule has 1 atom stereocenters. The van der Waals surface area contributed by atoms with E-state index in [-0.39, 0.29) is 6.42 Å². The molecule has 0 heterocycles. The fourth-order valence-corrected chi connectivity index (χ4v) is 1.86. The van der Waals surface area contributed by atoms with Crippen molar-refractivity contribution >= 4 is 5.97 Å². The molecular weight excluding hydrogens is 246 g/mol. The molecule has 0 bridgehead atoms. The van der Waals surface area contributed by atoms with Crippen molar-refractivity contribution in [3.05, 3.63) is 23.8 Å². The Morgan fingerprint density at radius 2 is 1.89 bits per heavy atom. The zero-order valence-corrected chi connectivity index (χ0v) is 11.6. The predicted octanol–water partition coefficient (Wildman–Crippen LogP) is 2.13. The molecule has 0 aliphatic heterocycles. The summed E-state index contributed by atoms with van der Waals surface area (Å²) in [7, 11) is 0. The van der Waals surface area contributed by atoms with Crippen LogP contribution < -0.4 is 15.2 Å². The minimum Gasteiger partial charge on any atom is -0.494 e. The molecule has 0 saturated carbocycles. The normalized spacial score (nSPS) is 13.7. The van der Waals surface area contributed by atoms with Gasteiger partial charge in [-0.2, -0.15) is 0 Å². The smallest absolute Gasteiger partial charge is 0.328 e. The van der Waals surface area contributed by atoms with Gasteiger partial charge < -0.3 is 20.3 Å². The van der Waals surface area contributed by atoms with Crippen molar-refractivity contribution in [1.82, 2.24) is 0 Å². The van der Waals surface area contributed by atoms with Gasteiger partial charge in [-0.05, 0) is 32.4 Å². The molecule has 0 fully saturated rings. The summed E-state index contributed by atoms with van der Waals surface area (Å²) in [6.07, 6.45) is 0.274. The van der Waals surface area contributed by atoms with Crippen molar-refractivity contribution in [2.75, 3.05) is 13.2 Å². The van der Waals surface area contributed by atoms with Crippen molar-refractivity contribution in [3.8, 4) is 11.5 Å². The average Bonchev–Trinajstić information content (AvgIpc) is 2.38. The second-order valence-corrected chi connectivity index (χ2v) is 4.15. The standard InChI is InChI=1S/C14H21NO4/c1-4-14(15,13(16)17)11-8-7-10(18-5-2)9-12(11)19-6-3/h7-9H,4-6,15H2,1-3H3,(H,16,17). The van der Waals surface area contributed by atoms with Gasteiger partial charge in [-0.25, -0.2) is 4.79 Å². The quantitative estimate of drug-likeness (QED) is 0.791. The second-order valence-electron chi connectivity index (χ2n) is 4.15. The summed E-state index contributed by atoms with van der Waals surface area (Å²) >= 11 is 0. The molecule has 1 unspecified atom stereocenters. The Labute approximate surface area is 113 Å². The van der Waals surface area contributed by atoms with E-state index in [0.29, 0.717) is 30.3 Å². The molecule has 0 saturated heterocycles. The molecular formula is C14H21NO4. The number of carboxylic acid groups (broad SMARTS) is 1. The summed E-state index contributed by atoms with van der Waals surface area (Å²) < 4.78 is 10.9. The Hall–Kier alpha value is -1.75. The number of benzene rings is 1. The zero-order chi connectivity index (χ0) is 14.5. The average molecular weight is 267 g/mol. The van der Waals surface area contributed by atoms with E-state index >= 15 is 0 Å². The molecule has 0 aliphatic rings. The third-order valence-electron chi connectivity index (χ3n) is 2.98. The van der Waals surface area contributed by atoms with E-state index in [4.69, 9.17) is 15.2 Å². The lowest BCUT2D eigenvalue weighted by Crippen LogP contribution is -2.44. The maximum atomic E-state index is 11.4. The first-order valence-corrected chi connectivity index (χ1v) is 6.41. The van der Waals surface area contributed by atoms with Crippen molar-refractivity contribution in [1.29, 1.82) is 0 Å². The first kappa shape index (κ1) is 15.3. The van der Waals surface area contributed by atoms with Crippen molar-refractivity contribution in [2.24, 2.45) is 5.73 Å². The van der Waals surface area contributed by atoms with Crippen LogP contribution in [0, 0.1) is 0 Å². The van der Waals surface area contributed by atoms with Gasteiger partial charge >= 0.3 is 5.97 Å². The lowest BCUT2D eigenvalue weighted by molar-refractivity contribution is -0.144. The van der Waals surface area contributed by atoms with Crippen LogP contribution in [-0.4, -0.2) is 24.3 Å². The van der Waals surface area contributed by atoms with E-state index in [2.05, 4.69) is 0 Å². The largest absolute Gasteiger partial charge is 0.494 e. The van der Waals surface area contributed by atoms with Crippen LogP contribution in [0.5, 0.6) is 11.5 Å². The Morgan fingerprint density at radius 1 is 1.26 bits per heavy atom. The number of hydrogen-bond acceptors (Lipinski definition) is 4. The van der Waals surface area contributed by atoms with Gasteiger partial charge in [-0.1, -0.05) is 6.92 Å². The third kappa shape index (κ3) is 3.17. The highest BCUT2D eigenvalue weighted by Gasteiger charge is 2.37. The van der Waals surface area contributed by atoms with Gasteiger partial charge in [-0.15, -0.1) is 0 Å². The van der Waals surface area contributed by atoms with Gasteiger partial charge in [0.1, 0.15) is 17.0 Å². The number of ether oxygens (including phenoxy) is 2. The molecule has 3 N–H and O–H groups in total. The number of rotatable bonds is 7. The molecule has 0 radical (unpaired) electrons. The molecule has 1 aromatic carbocycles. The van der Waals surface area contributed by atoms with E-state index < -0.39 is 11.5 Å². The topological polar surface area (TPSA) is 81.8 Å². The Kier molecular flexibility index (Phi) is 5.18. The summed E-state index contributed by atoms with van der Waals surface area (Å²) in [5.41, 5.74) is 5.01.